The first kappa shape index (κ1) is 14.2. The fraction of sp³-hybridized carbons (Fsp3) is 0.471. The Morgan fingerprint density at radius 3 is 2.65 bits per heavy atom. The molecule has 2 amide bonds. The molecule has 6 heteroatoms. The molecule has 0 atom stereocenters. The maximum absolute atomic E-state index is 12.6. The van der Waals surface area contributed by atoms with Crippen LogP contribution in [-0.4, -0.2) is 35.8 Å². The standard InChI is InChI=1S/C17H17NO5/c19-12(11-3-4-13-14(7-11)23-10-22-13)9-18-15(20)8-17(16(18)21)5-1-2-6-17/h3-4,7H,1-2,5-6,8-10H2. The Kier molecular flexibility index (Phi) is 3.14. The van der Waals surface area contributed by atoms with E-state index in [0.717, 1.165) is 30.6 Å². The summed E-state index contributed by atoms with van der Waals surface area (Å²) >= 11 is 0. The Morgan fingerprint density at radius 2 is 1.87 bits per heavy atom. The number of nitrogens with zero attached hydrogens (tertiary/aromatic N) is 1. The zero-order valence-corrected chi connectivity index (χ0v) is 12.7. The maximum atomic E-state index is 12.6. The number of hydrogen-bond donors (Lipinski definition) is 0. The smallest absolute Gasteiger partial charge is 0.236 e. The number of imide groups is 1. The van der Waals surface area contributed by atoms with Gasteiger partial charge in [-0.25, -0.2) is 0 Å². The Morgan fingerprint density at radius 1 is 1.13 bits per heavy atom. The lowest BCUT2D eigenvalue weighted by Gasteiger charge is -2.20. The van der Waals surface area contributed by atoms with E-state index in [0.29, 0.717) is 17.1 Å². The zero-order chi connectivity index (χ0) is 16.0. The van der Waals surface area contributed by atoms with Gasteiger partial charge in [0.2, 0.25) is 18.6 Å². The second kappa shape index (κ2) is 5.08. The van der Waals surface area contributed by atoms with Gasteiger partial charge in [0.1, 0.15) is 0 Å². The molecule has 3 aliphatic rings. The van der Waals surface area contributed by atoms with Crippen LogP contribution in [0.4, 0.5) is 0 Å². The number of carbonyl (C=O) groups excluding carboxylic acids is 3. The van der Waals surface area contributed by atoms with Crippen molar-refractivity contribution in [3.05, 3.63) is 23.8 Å². The monoisotopic (exact) mass is 315 g/mol. The van der Waals surface area contributed by atoms with Gasteiger partial charge in [0.25, 0.3) is 0 Å². The van der Waals surface area contributed by atoms with Crippen LogP contribution in [0, 0.1) is 5.41 Å². The summed E-state index contributed by atoms with van der Waals surface area (Å²) in [6, 6.07) is 4.90. The summed E-state index contributed by atoms with van der Waals surface area (Å²) in [7, 11) is 0. The third-order valence-electron chi connectivity index (χ3n) is 5.05. The van der Waals surface area contributed by atoms with E-state index < -0.39 is 5.41 Å². The van der Waals surface area contributed by atoms with Crippen LogP contribution in [0.15, 0.2) is 18.2 Å². The van der Waals surface area contributed by atoms with Gasteiger partial charge in [-0.1, -0.05) is 12.8 Å². The van der Waals surface area contributed by atoms with Gasteiger partial charge in [0.05, 0.1) is 12.0 Å². The van der Waals surface area contributed by atoms with Crippen LogP contribution < -0.4 is 9.47 Å². The number of ether oxygens (including phenoxy) is 2. The largest absolute Gasteiger partial charge is 0.454 e. The lowest BCUT2D eigenvalue weighted by Crippen LogP contribution is -2.38. The number of likely N-dealkylation sites (tertiary alicyclic amines) is 1. The molecule has 6 nitrogen and oxygen atoms in total. The van der Waals surface area contributed by atoms with Crippen molar-refractivity contribution in [2.45, 2.75) is 32.1 Å². The van der Waals surface area contributed by atoms with Gasteiger partial charge in [-0.05, 0) is 31.0 Å². The van der Waals surface area contributed by atoms with Crippen LogP contribution in [0.25, 0.3) is 0 Å². The van der Waals surface area contributed by atoms with E-state index in [1.807, 2.05) is 0 Å². The van der Waals surface area contributed by atoms with Gasteiger partial charge in [0, 0.05) is 12.0 Å². The average molecular weight is 315 g/mol. The van der Waals surface area contributed by atoms with Crippen molar-refractivity contribution in [3.8, 4) is 11.5 Å². The summed E-state index contributed by atoms with van der Waals surface area (Å²) in [6.07, 6.45) is 3.71. The number of amides is 2. The maximum Gasteiger partial charge on any atom is 0.236 e. The molecule has 1 aromatic carbocycles. The quantitative estimate of drug-likeness (QED) is 0.629. The highest BCUT2D eigenvalue weighted by Crippen LogP contribution is 2.46. The second-order valence-corrected chi connectivity index (χ2v) is 6.44. The highest BCUT2D eigenvalue weighted by molar-refractivity contribution is 6.10. The van der Waals surface area contributed by atoms with Crippen LogP contribution >= 0.6 is 0 Å². The number of rotatable bonds is 3. The van der Waals surface area contributed by atoms with Crippen LogP contribution in [0.5, 0.6) is 11.5 Å². The normalized spacial score (nSPS) is 21.5. The van der Waals surface area contributed by atoms with Crippen LogP contribution in [-0.2, 0) is 9.59 Å². The molecule has 0 N–H and O–H groups in total. The highest BCUT2D eigenvalue weighted by Gasteiger charge is 2.52. The summed E-state index contributed by atoms with van der Waals surface area (Å²) in [5.41, 5.74) is -0.117. The van der Waals surface area contributed by atoms with Crippen molar-refractivity contribution in [3.63, 3.8) is 0 Å². The predicted octanol–water partition coefficient (Wildman–Crippen LogP) is 1.92. The molecule has 1 aliphatic carbocycles. The van der Waals surface area contributed by atoms with Crippen LogP contribution in [0.2, 0.25) is 0 Å². The van der Waals surface area contributed by atoms with Crippen molar-refractivity contribution in [2.75, 3.05) is 13.3 Å². The molecule has 1 aromatic rings. The van der Waals surface area contributed by atoms with E-state index in [-0.39, 0.29) is 37.4 Å². The average Bonchev–Trinajstić information content (AvgIpc) is 3.24. The number of Topliss-reactive ketones (excluding diaryl/α,β-unsaturated/α-hetero) is 1. The molecule has 4 rings (SSSR count). The van der Waals surface area contributed by atoms with E-state index in [4.69, 9.17) is 9.47 Å². The van der Waals surface area contributed by atoms with E-state index in [1.165, 1.54) is 0 Å². The molecule has 1 spiro atoms. The molecular weight excluding hydrogens is 298 g/mol. The van der Waals surface area contributed by atoms with Crippen LogP contribution in [0.3, 0.4) is 0 Å². The fourth-order valence-electron chi connectivity index (χ4n) is 3.77. The van der Waals surface area contributed by atoms with E-state index >= 15 is 0 Å². The first-order valence-electron chi connectivity index (χ1n) is 7.87. The third-order valence-corrected chi connectivity index (χ3v) is 5.05. The molecule has 0 aromatic heterocycles. The molecule has 2 fully saturated rings. The summed E-state index contributed by atoms with van der Waals surface area (Å²) in [6.45, 7) is -0.0579. The van der Waals surface area contributed by atoms with Crippen LogP contribution in [0.1, 0.15) is 42.5 Å². The molecule has 0 unspecified atom stereocenters. The minimum absolute atomic E-state index is 0.137. The van der Waals surface area contributed by atoms with Gasteiger partial charge >= 0.3 is 0 Å². The third kappa shape index (κ3) is 2.20. The summed E-state index contributed by atoms with van der Waals surface area (Å²) in [5, 5.41) is 0. The zero-order valence-electron chi connectivity index (χ0n) is 12.7. The number of hydrogen-bond acceptors (Lipinski definition) is 5. The molecular formula is C17H17NO5. The summed E-state index contributed by atoms with van der Waals surface area (Å²) in [4.78, 5) is 38.4. The van der Waals surface area contributed by atoms with Crippen molar-refractivity contribution in [1.82, 2.24) is 4.90 Å². The topological polar surface area (TPSA) is 72.9 Å². The summed E-state index contributed by atoms with van der Waals surface area (Å²) in [5.74, 6) is 0.446. The number of carbonyl (C=O) groups is 3. The van der Waals surface area contributed by atoms with E-state index in [1.54, 1.807) is 18.2 Å². The van der Waals surface area contributed by atoms with Crippen molar-refractivity contribution < 1.29 is 23.9 Å². The number of benzene rings is 1. The molecule has 2 heterocycles. The fourth-order valence-corrected chi connectivity index (χ4v) is 3.77. The minimum atomic E-state index is -0.535. The summed E-state index contributed by atoms with van der Waals surface area (Å²) < 4.78 is 10.5. The highest BCUT2D eigenvalue weighted by atomic mass is 16.7. The molecule has 0 bridgehead atoms. The van der Waals surface area contributed by atoms with Crippen molar-refractivity contribution >= 4 is 17.6 Å². The lowest BCUT2D eigenvalue weighted by molar-refractivity contribution is -0.140. The number of ketones is 1. The first-order chi connectivity index (χ1) is 11.1. The molecule has 2 aliphatic heterocycles. The second-order valence-electron chi connectivity index (χ2n) is 6.44. The van der Waals surface area contributed by atoms with Gasteiger partial charge in [-0.3, -0.25) is 19.3 Å². The minimum Gasteiger partial charge on any atom is -0.454 e. The number of fused-ring (bicyclic) bond motifs is 1. The Bertz CT molecular complexity index is 705. The molecule has 120 valence electrons. The molecule has 0 radical (unpaired) electrons. The van der Waals surface area contributed by atoms with Gasteiger partial charge in [-0.15, -0.1) is 0 Å². The predicted molar refractivity (Wildman–Crippen MR) is 79.1 cm³/mol. The van der Waals surface area contributed by atoms with E-state index in [9.17, 15) is 14.4 Å². The Labute approximate surface area is 133 Å². The van der Waals surface area contributed by atoms with Gasteiger partial charge in [-0.2, -0.15) is 0 Å². The molecule has 1 saturated carbocycles. The Hall–Kier alpha value is -2.37. The SMILES string of the molecule is O=C(CN1C(=O)CC2(CCCC2)C1=O)c1ccc2c(c1)OCO2. The van der Waals surface area contributed by atoms with Crippen molar-refractivity contribution in [2.24, 2.45) is 5.41 Å². The van der Waals surface area contributed by atoms with E-state index in [2.05, 4.69) is 0 Å². The lowest BCUT2D eigenvalue weighted by atomic mass is 9.84. The Balaban J connectivity index is 1.52. The first-order valence-corrected chi connectivity index (χ1v) is 7.87. The molecule has 23 heavy (non-hydrogen) atoms. The molecule has 1 saturated heterocycles. The van der Waals surface area contributed by atoms with Crippen molar-refractivity contribution in [1.29, 1.82) is 0 Å². The van der Waals surface area contributed by atoms with Gasteiger partial charge < -0.3 is 9.47 Å². The van der Waals surface area contributed by atoms with Gasteiger partial charge in [0.15, 0.2) is 17.3 Å².